The van der Waals surface area contributed by atoms with Gasteiger partial charge in [0.05, 0.1) is 18.1 Å². The number of hydrogen-bond acceptors (Lipinski definition) is 6. The fourth-order valence-corrected chi connectivity index (χ4v) is 4.13. The monoisotopic (exact) mass is 462 g/mol. The first kappa shape index (κ1) is 23.5. The third-order valence-electron chi connectivity index (χ3n) is 6.25. The van der Waals surface area contributed by atoms with Crippen LogP contribution in [0.1, 0.15) is 55.1 Å². The van der Waals surface area contributed by atoms with E-state index in [0.717, 1.165) is 42.4 Å². The molecule has 1 amide bonds. The minimum Gasteiger partial charge on any atom is -0.491 e. The number of benzene rings is 2. The second kappa shape index (κ2) is 10.5. The highest BCUT2D eigenvalue weighted by atomic mass is 16.5. The lowest BCUT2D eigenvalue weighted by Crippen LogP contribution is -2.40. The molecular formula is C27H30N2O5. The number of esters is 1. The van der Waals surface area contributed by atoms with Gasteiger partial charge >= 0.3 is 5.97 Å². The average molecular weight is 463 g/mol. The van der Waals surface area contributed by atoms with Gasteiger partial charge in [-0.2, -0.15) is 0 Å². The van der Waals surface area contributed by atoms with Crippen LogP contribution in [-0.4, -0.2) is 34.8 Å². The molecule has 0 spiro atoms. The second-order valence-corrected chi connectivity index (χ2v) is 8.96. The van der Waals surface area contributed by atoms with Crippen LogP contribution in [0.4, 0.5) is 0 Å². The summed E-state index contributed by atoms with van der Waals surface area (Å²) >= 11 is 0. The molecule has 0 radical (unpaired) electrons. The molecular weight excluding hydrogens is 432 g/mol. The maximum absolute atomic E-state index is 12.8. The van der Waals surface area contributed by atoms with Gasteiger partial charge in [0.1, 0.15) is 0 Å². The number of amides is 1. The van der Waals surface area contributed by atoms with Crippen molar-refractivity contribution in [2.45, 2.75) is 51.5 Å². The number of carbonyl (C=O) groups is 2. The standard InChI is InChI=1S/C27H30N2O5/c1-2-3-15-33-26(32)27(13-14-27)18-22(28-25(31)23-17-24(30)29-34-23)16-19-9-11-21(12-10-19)20-7-5-4-6-8-20/h4-12,17,22H,2-3,13-16,18H2,1H3,(H,28,31)(H,29,30)/t22-/m1/s1. The van der Waals surface area contributed by atoms with E-state index in [-0.39, 0.29) is 23.7 Å². The van der Waals surface area contributed by atoms with Crippen LogP contribution in [0.5, 0.6) is 5.88 Å². The Labute approximate surface area is 199 Å². The van der Waals surface area contributed by atoms with Crippen molar-refractivity contribution in [1.29, 1.82) is 0 Å². The van der Waals surface area contributed by atoms with Crippen molar-refractivity contribution in [2.75, 3.05) is 6.61 Å². The lowest BCUT2D eigenvalue weighted by atomic mass is 9.92. The zero-order valence-electron chi connectivity index (χ0n) is 19.3. The molecule has 3 aromatic rings. The second-order valence-electron chi connectivity index (χ2n) is 8.96. The maximum atomic E-state index is 12.8. The maximum Gasteiger partial charge on any atom is 0.312 e. The van der Waals surface area contributed by atoms with Crippen LogP contribution in [-0.2, 0) is 16.0 Å². The number of ether oxygens (including phenoxy) is 1. The quantitative estimate of drug-likeness (QED) is 0.310. The Hall–Kier alpha value is -3.61. The lowest BCUT2D eigenvalue weighted by Gasteiger charge is -2.23. The van der Waals surface area contributed by atoms with E-state index in [4.69, 9.17) is 9.26 Å². The van der Waals surface area contributed by atoms with Crippen molar-refractivity contribution in [1.82, 2.24) is 10.5 Å². The number of aromatic nitrogens is 1. The summed E-state index contributed by atoms with van der Waals surface area (Å²) in [6.45, 7) is 2.48. The van der Waals surface area contributed by atoms with Crippen LogP contribution in [0.15, 0.2) is 65.2 Å². The number of unbranched alkanes of at least 4 members (excludes halogenated alkanes) is 1. The molecule has 2 aromatic carbocycles. The molecule has 178 valence electrons. The van der Waals surface area contributed by atoms with Crippen LogP contribution >= 0.6 is 0 Å². The van der Waals surface area contributed by atoms with Gasteiger partial charge in [-0.1, -0.05) is 67.9 Å². The van der Waals surface area contributed by atoms with Gasteiger partial charge in [-0.25, -0.2) is 0 Å². The smallest absolute Gasteiger partial charge is 0.312 e. The summed E-state index contributed by atoms with van der Waals surface area (Å²) in [4.78, 5) is 25.5. The largest absolute Gasteiger partial charge is 0.491 e. The Morgan fingerprint density at radius 2 is 1.82 bits per heavy atom. The van der Waals surface area contributed by atoms with Crippen molar-refractivity contribution >= 4 is 11.9 Å². The van der Waals surface area contributed by atoms with Crippen LogP contribution in [0.2, 0.25) is 0 Å². The third kappa shape index (κ3) is 5.84. The van der Waals surface area contributed by atoms with Gasteiger partial charge in [-0.05, 0) is 54.0 Å². The number of nitrogens with zero attached hydrogens (tertiary/aromatic N) is 1. The molecule has 1 aromatic heterocycles. The lowest BCUT2D eigenvalue weighted by molar-refractivity contribution is -0.150. The molecule has 1 aliphatic carbocycles. The zero-order chi connectivity index (χ0) is 24.0. The van der Waals surface area contributed by atoms with Crippen LogP contribution < -0.4 is 5.32 Å². The van der Waals surface area contributed by atoms with E-state index in [9.17, 15) is 14.7 Å². The van der Waals surface area contributed by atoms with Gasteiger partial charge < -0.3 is 19.7 Å². The molecule has 7 nitrogen and oxygen atoms in total. The van der Waals surface area contributed by atoms with E-state index in [0.29, 0.717) is 19.4 Å². The summed E-state index contributed by atoms with van der Waals surface area (Å²) in [6.07, 6.45) is 4.32. The first-order valence-corrected chi connectivity index (χ1v) is 11.8. The molecule has 1 aliphatic rings. The number of aromatic hydroxyl groups is 1. The Morgan fingerprint density at radius 1 is 1.12 bits per heavy atom. The molecule has 0 bridgehead atoms. The third-order valence-corrected chi connectivity index (χ3v) is 6.25. The highest BCUT2D eigenvalue weighted by molar-refractivity contribution is 5.92. The highest BCUT2D eigenvalue weighted by Gasteiger charge is 2.52. The van der Waals surface area contributed by atoms with Crippen molar-refractivity contribution in [2.24, 2.45) is 5.41 Å². The molecule has 0 aliphatic heterocycles. The minimum absolute atomic E-state index is 0.0719. The fourth-order valence-electron chi connectivity index (χ4n) is 4.13. The minimum atomic E-state index is -0.556. The summed E-state index contributed by atoms with van der Waals surface area (Å²) in [7, 11) is 0. The molecule has 1 atom stereocenters. The van der Waals surface area contributed by atoms with E-state index in [1.54, 1.807) is 0 Å². The van der Waals surface area contributed by atoms with Crippen LogP contribution in [0.25, 0.3) is 11.1 Å². The molecule has 2 N–H and O–H groups in total. The van der Waals surface area contributed by atoms with Gasteiger partial charge in [0.25, 0.3) is 11.8 Å². The van der Waals surface area contributed by atoms with Crippen molar-refractivity contribution < 1.29 is 24.0 Å². The first-order chi connectivity index (χ1) is 16.5. The number of hydrogen-bond donors (Lipinski definition) is 2. The Balaban J connectivity index is 1.48. The van der Waals surface area contributed by atoms with Gasteiger partial charge in [-0.15, -0.1) is 0 Å². The average Bonchev–Trinajstić information content (AvgIpc) is 3.50. The topological polar surface area (TPSA) is 102 Å². The van der Waals surface area contributed by atoms with E-state index in [2.05, 4.69) is 41.7 Å². The highest BCUT2D eigenvalue weighted by Crippen LogP contribution is 2.51. The van der Waals surface area contributed by atoms with Gasteiger partial charge in [0.2, 0.25) is 5.76 Å². The number of rotatable bonds is 11. The molecule has 0 unspecified atom stereocenters. The van der Waals surface area contributed by atoms with E-state index in [1.807, 2.05) is 30.3 Å². The first-order valence-electron chi connectivity index (χ1n) is 11.8. The number of carbonyl (C=O) groups excluding carboxylic acids is 2. The summed E-state index contributed by atoms with van der Waals surface area (Å²) in [5, 5.41) is 15.8. The predicted molar refractivity (Wildman–Crippen MR) is 127 cm³/mol. The van der Waals surface area contributed by atoms with Crippen molar-refractivity contribution in [3.8, 4) is 17.0 Å². The molecule has 1 saturated carbocycles. The van der Waals surface area contributed by atoms with E-state index >= 15 is 0 Å². The van der Waals surface area contributed by atoms with E-state index < -0.39 is 11.3 Å². The molecule has 1 fully saturated rings. The molecule has 34 heavy (non-hydrogen) atoms. The SMILES string of the molecule is CCCCOC(=O)C1(C[C@@H](Cc2ccc(-c3ccccc3)cc2)NC(=O)c2cc(O)no2)CC1. The Morgan fingerprint density at radius 3 is 2.44 bits per heavy atom. The van der Waals surface area contributed by atoms with Gasteiger partial charge in [0.15, 0.2) is 0 Å². The Bertz CT molecular complexity index is 1100. The van der Waals surface area contributed by atoms with Gasteiger partial charge in [0, 0.05) is 6.04 Å². The zero-order valence-corrected chi connectivity index (χ0v) is 19.3. The predicted octanol–water partition coefficient (Wildman–Crippen LogP) is 4.90. The summed E-state index contributed by atoms with van der Waals surface area (Å²) in [5.74, 6) is -1.08. The normalized spacial score (nSPS) is 14.9. The fraction of sp³-hybridized carbons (Fsp3) is 0.370. The summed E-state index contributed by atoms with van der Waals surface area (Å²) in [6, 6.07) is 19.2. The molecule has 4 rings (SSSR count). The van der Waals surface area contributed by atoms with Crippen molar-refractivity contribution in [3.63, 3.8) is 0 Å². The molecule has 1 heterocycles. The number of nitrogens with one attached hydrogen (secondary N) is 1. The van der Waals surface area contributed by atoms with Crippen LogP contribution in [0, 0.1) is 5.41 Å². The Kier molecular flexibility index (Phi) is 7.30. The van der Waals surface area contributed by atoms with Gasteiger partial charge in [-0.3, -0.25) is 9.59 Å². The summed E-state index contributed by atoms with van der Waals surface area (Å²) < 4.78 is 10.4. The van der Waals surface area contributed by atoms with Crippen LogP contribution in [0.3, 0.4) is 0 Å². The van der Waals surface area contributed by atoms with Crippen molar-refractivity contribution in [3.05, 3.63) is 72.0 Å². The summed E-state index contributed by atoms with van der Waals surface area (Å²) in [5.41, 5.74) is 2.73. The van der Waals surface area contributed by atoms with E-state index in [1.165, 1.54) is 6.07 Å². The molecule has 7 heteroatoms. The molecule has 0 saturated heterocycles.